The van der Waals surface area contributed by atoms with Crippen LogP contribution in [-0.2, 0) is 5.75 Å². The normalized spacial score (nSPS) is 12.2. The van der Waals surface area contributed by atoms with Crippen LogP contribution in [0.15, 0.2) is 24.3 Å². The molecule has 100 valence electrons. The summed E-state index contributed by atoms with van der Waals surface area (Å²) < 4.78 is 0. The standard InChI is InChI=1S/C14H21NO2S/c1-11(8-16)9-18-10-12-5-4-6-13(7-12)14(17)15(2)3/h4-7,11,16H,8-10H2,1-3H3. The van der Waals surface area contributed by atoms with Gasteiger partial charge in [-0.1, -0.05) is 19.1 Å². The molecule has 18 heavy (non-hydrogen) atoms. The second-order valence-corrected chi connectivity index (χ2v) is 5.73. The van der Waals surface area contributed by atoms with E-state index in [2.05, 4.69) is 0 Å². The molecule has 0 bridgehead atoms. The van der Waals surface area contributed by atoms with E-state index in [0.717, 1.165) is 22.6 Å². The highest BCUT2D eigenvalue weighted by Crippen LogP contribution is 2.17. The molecule has 0 saturated heterocycles. The summed E-state index contributed by atoms with van der Waals surface area (Å²) in [6.45, 7) is 2.26. The summed E-state index contributed by atoms with van der Waals surface area (Å²) in [6, 6.07) is 7.73. The molecule has 0 spiro atoms. The number of thioether (sulfide) groups is 1. The van der Waals surface area contributed by atoms with Crippen molar-refractivity contribution in [2.75, 3.05) is 26.5 Å². The largest absolute Gasteiger partial charge is 0.396 e. The lowest BCUT2D eigenvalue weighted by molar-refractivity contribution is 0.0827. The van der Waals surface area contributed by atoms with Crippen molar-refractivity contribution in [3.63, 3.8) is 0 Å². The molecule has 1 rings (SSSR count). The molecule has 4 heteroatoms. The van der Waals surface area contributed by atoms with Crippen molar-refractivity contribution in [1.29, 1.82) is 0 Å². The van der Waals surface area contributed by atoms with Crippen LogP contribution in [0.2, 0.25) is 0 Å². The van der Waals surface area contributed by atoms with Crippen molar-refractivity contribution in [3.8, 4) is 0 Å². The van der Waals surface area contributed by atoms with Gasteiger partial charge in [0.15, 0.2) is 0 Å². The van der Waals surface area contributed by atoms with Crippen LogP contribution in [0, 0.1) is 5.92 Å². The van der Waals surface area contributed by atoms with Crippen molar-refractivity contribution in [3.05, 3.63) is 35.4 Å². The molecule has 1 atom stereocenters. The first-order valence-corrected chi connectivity index (χ1v) is 7.19. The van der Waals surface area contributed by atoms with Crippen LogP contribution in [0.1, 0.15) is 22.8 Å². The Morgan fingerprint density at radius 1 is 1.44 bits per heavy atom. The summed E-state index contributed by atoms with van der Waals surface area (Å²) in [7, 11) is 3.51. The van der Waals surface area contributed by atoms with Gasteiger partial charge in [0.1, 0.15) is 0 Å². The van der Waals surface area contributed by atoms with Gasteiger partial charge in [-0.05, 0) is 29.4 Å². The summed E-state index contributed by atoms with van der Waals surface area (Å²) in [5.74, 6) is 2.16. The number of amides is 1. The molecule has 3 nitrogen and oxygen atoms in total. The van der Waals surface area contributed by atoms with E-state index < -0.39 is 0 Å². The molecule has 0 aromatic heterocycles. The minimum absolute atomic E-state index is 0.0329. The Morgan fingerprint density at radius 2 is 2.17 bits per heavy atom. The number of carbonyl (C=O) groups excluding carboxylic acids is 1. The topological polar surface area (TPSA) is 40.5 Å². The lowest BCUT2D eigenvalue weighted by Crippen LogP contribution is -2.21. The van der Waals surface area contributed by atoms with E-state index in [-0.39, 0.29) is 12.5 Å². The van der Waals surface area contributed by atoms with Crippen molar-refractivity contribution in [1.82, 2.24) is 4.90 Å². The van der Waals surface area contributed by atoms with Crippen molar-refractivity contribution in [2.45, 2.75) is 12.7 Å². The van der Waals surface area contributed by atoms with Crippen LogP contribution < -0.4 is 0 Å². The van der Waals surface area contributed by atoms with Gasteiger partial charge in [0.25, 0.3) is 5.91 Å². The third-order valence-corrected chi connectivity index (χ3v) is 3.91. The lowest BCUT2D eigenvalue weighted by Gasteiger charge is -2.11. The number of rotatable bonds is 6. The van der Waals surface area contributed by atoms with Gasteiger partial charge in [0, 0.05) is 32.0 Å². The minimum atomic E-state index is 0.0329. The summed E-state index contributed by atoms with van der Waals surface area (Å²) in [4.78, 5) is 13.4. The van der Waals surface area contributed by atoms with Gasteiger partial charge >= 0.3 is 0 Å². The van der Waals surface area contributed by atoms with E-state index in [0.29, 0.717) is 5.92 Å². The molecule has 0 fully saturated rings. The molecular weight excluding hydrogens is 246 g/mol. The Balaban J connectivity index is 2.57. The van der Waals surface area contributed by atoms with E-state index in [4.69, 9.17) is 5.11 Å². The monoisotopic (exact) mass is 267 g/mol. The van der Waals surface area contributed by atoms with Gasteiger partial charge < -0.3 is 10.0 Å². The fourth-order valence-electron chi connectivity index (χ4n) is 1.48. The quantitative estimate of drug-likeness (QED) is 0.859. The molecule has 1 aromatic carbocycles. The molecule has 0 saturated carbocycles. The SMILES string of the molecule is CC(CO)CSCc1cccc(C(=O)N(C)C)c1. The van der Waals surface area contributed by atoms with Gasteiger partial charge in [-0.15, -0.1) is 0 Å². The first kappa shape index (κ1) is 15.1. The minimum Gasteiger partial charge on any atom is -0.396 e. The second-order valence-electron chi connectivity index (χ2n) is 4.70. The molecule has 1 aromatic rings. The molecule has 0 radical (unpaired) electrons. The van der Waals surface area contributed by atoms with Gasteiger partial charge in [-0.3, -0.25) is 4.79 Å². The number of nitrogens with zero attached hydrogens (tertiary/aromatic N) is 1. The number of aliphatic hydroxyl groups excluding tert-OH is 1. The number of benzene rings is 1. The van der Waals surface area contributed by atoms with Crippen LogP contribution in [-0.4, -0.2) is 42.4 Å². The highest BCUT2D eigenvalue weighted by atomic mass is 32.2. The average Bonchev–Trinajstić information content (AvgIpc) is 2.37. The van der Waals surface area contributed by atoms with Crippen LogP contribution in [0.3, 0.4) is 0 Å². The van der Waals surface area contributed by atoms with Crippen LogP contribution in [0.25, 0.3) is 0 Å². The van der Waals surface area contributed by atoms with Gasteiger partial charge in [0.2, 0.25) is 0 Å². The number of aliphatic hydroxyl groups is 1. The first-order chi connectivity index (χ1) is 8.54. The molecule has 1 unspecified atom stereocenters. The maximum atomic E-state index is 11.8. The Bertz CT molecular complexity index is 393. The summed E-state index contributed by atoms with van der Waals surface area (Å²) in [5, 5.41) is 8.95. The van der Waals surface area contributed by atoms with Crippen LogP contribution in [0.4, 0.5) is 0 Å². The smallest absolute Gasteiger partial charge is 0.253 e. The summed E-state index contributed by atoms with van der Waals surface area (Å²) in [5.41, 5.74) is 1.88. The van der Waals surface area contributed by atoms with Gasteiger partial charge in [-0.2, -0.15) is 11.8 Å². The van der Waals surface area contributed by atoms with Crippen molar-refractivity contribution < 1.29 is 9.90 Å². The number of hydrogen-bond acceptors (Lipinski definition) is 3. The Labute approximate surface area is 113 Å². The zero-order valence-electron chi connectivity index (χ0n) is 11.2. The van der Waals surface area contributed by atoms with Crippen molar-refractivity contribution >= 4 is 17.7 Å². The molecule has 0 heterocycles. The fraction of sp³-hybridized carbons (Fsp3) is 0.500. The molecular formula is C14H21NO2S. The second kappa shape index (κ2) is 7.44. The molecule has 0 aliphatic carbocycles. The highest BCUT2D eigenvalue weighted by molar-refractivity contribution is 7.98. The van der Waals surface area contributed by atoms with E-state index in [1.807, 2.05) is 31.2 Å². The van der Waals surface area contributed by atoms with E-state index in [1.54, 1.807) is 30.8 Å². The van der Waals surface area contributed by atoms with E-state index >= 15 is 0 Å². The fourth-order valence-corrected chi connectivity index (χ4v) is 2.52. The third kappa shape index (κ3) is 4.70. The van der Waals surface area contributed by atoms with Gasteiger partial charge in [-0.25, -0.2) is 0 Å². The number of carbonyl (C=O) groups is 1. The van der Waals surface area contributed by atoms with Gasteiger partial charge in [0.05, 0.1) is 0 Å². The van der Waals surface area contributed by atoms with Crippen molar-refractivity contribution in [2.24, 2.45) is 5.92 Å². The molecule has 1 amide bonds. The molecule has 0 aliphatic rings. The third-order valence-electron chi connectivity index (χ3n) is 2.56. The number of hydrogen-bond donors (Lipinski definition) is 1. The Kier molecular flexibility index (Phi) is 6.22. The van der Waals surface area contributed by atoms with Crippen LogP contribution in [0.5, 0.6) is 0 Å². The van der Waals surface area contributed by atoms with Crippen LogP contribution >= 0.6 is 11.8 Å². The molecule has 1 N–H and O–H groups in total. The zero-order valence-corrected chi connectivity index (χ0v) is 12.0. The Hall–Kier alpha value is -1.00. The molecule has 0 aliphatic heterocycles. The summed E-state index contributed by atoms with van der Waals surface area (Å²) in [6.07, 6.45) is 0. The average molecular weight is 267 g/mol. The predicted octanol–water partition coefficient (Wildman–Crippen LogP) is 2.25. The predicted molar refractivity (Wildman–Crippen MR) is 76.9 cm³/mol. The van der Waals surface area contributed by atoms with E-state index in [1.165, 1.54) is 0 Å². The lowest BCUT2D eigenvalue weighted by atomic mass is 10.1. The summed E-state index contributed by atoms with van der Waals surface area (Å²) >= 11 is 1.78. The zero-order chi connectivity index (χ0) is 13.5. The Morgan fingerprint density at radius 3 is 2.78 bits per heavy atom. The maximum absolute atomic E-state index is 11.8. The highest BCUT2D eigenvalue weighted by Gasteiger charge is 2.08. The first-order valence-electron chi connectivity index (χ1n) is 6.03. The van der Waals surface area contributed by atoms with E-state index in [9.17, 15) is 4.79 Å². The maximum Gasteiger partial charge on any atom is 0.253 e.